The highest BCUT2D eigenvalue weighted by atomic mass is 32.2. The maximum atomic E-state index is 12.9. The molecule has 1 saturated heterocycles. The Hall–Kier alpha value is -0.950. The van der Waals surface area contributed by atoms with Crippen LogP contribution >= 0.6 is 0 Å². The molecule has 1 atom stereocenters. The molecule has 1 fully saturated rings. The minimum absolute atomic E-state index is 0.124. The molecule has 6 heteroatoms. The van der Waals surface area contributed by atoms with Crippen molar-refractivity contribution in [2.75, 3.05) is 26.3 Å². The molecule has 0 amide bonds. The maximum Gasteiger partial charge on any atom is 0.243 e. The van der Waals surface area contributed by atoms with Crippen molar-refractivity contribution in [2.24, 2.45) is 0 Å². The van der Waals surface area contributed by atoms with Gasteiger partial charge in [-0.1, -0.05) is 19.1 Å². The van der Waals surface area contributed by atoms with E-state index in [4.69, 9.17) is 4.74 Å². The smallest absolute Gasteiger partial charge is 0.243 e. The fourth-order valence-corrected chi connectivity index (χ4v) is 4.37. The number of benzene rings is 1. The van der Waals surface area contributed by atoms with Crippen molar-refractivity contribution in [1.82, 2.24) is 9.62 Å². The summed E-state index contributed by atoms with van der Waals surface area (Å²) >= 11 is 0. The Morgan fingerprint density at radius 2 is 2.19 bits per heavy atom. The SMILES string of the molecule is CCNCc1ccc(C)c(S(=O)(=O)N2CCOCC2C)c1. The van der Waals surface area contributed by atoms with E-state index in [2.05, 4.69) is 5.32 Å². The van der Waals surface area contributed by atoms with Crippen LogP contribution in [0.4, 0.5) is 0 Å². The van der Waals surface area contributed by atoms with Crippen LogP contribution in [-0.2, 0) is 21.3 Å². The van der Waals surface area contributed by atoms with Crippen LogP contribution < -0.4 is 5.32 Å². The number of aryl methyl sites for hydroxylation is 1. The van der Waals surface area contributed by atoms with Gasteiger partial charge >= 0.3 is 0 Å². The number of rotatable bonds is 5. The number of nitrogens with zero attached hydrogens (tertiary/aromatic N) is 1. The minimum atomic E-state index is -3.46. The molecule has 1 heterocycles. The molecular weight excluding hydrogens is 288 g/mol. The van der Waals surface area contributed by atoms with Gasteiger partial charge in [0.15, 0.2) is 0 Å². The molecule has 5 nitrogen and oxygen atoms in total. The van der Waals surface area contributed by atoms with Crippen molar-refractivity contribution in [3.8, 4) is 0 Å². The van der Waals surface area contributed by atoms with Gasteiger partial charge in [0, 0.05) is 19.1 Å². The molecule has 0 bridgehead atoms. The summed E-state index contributed by atoms with van der Waals surface area (Å²) in [6, 6.07) is 5.51. The Morgan fingerprint density at radius 1 is 1.43 bits per heavy atom. The molecule has 0 aromatic heterocycles. The van der Waals surface area contributed by atoms with E-state index in [-0.39, 0.29) is 6.04 Å². The third-order valence-corrected chi connectivity index (χ3v) is 5.88. The van der Waals surface area contributed by atoms with Gasteiger partial charge in [-0.3, -0.25) is 0 Å². The van der Waals surface area contributed by atoms with E-state index in [0.717, 1.165) is 17.7 Å². The lowest BCUT2D eigenvalue weighted by Crippen LogP contribution is -2.47. The first kappa shape index (κ1) is 16.4. The first-order valence-electron chi connectivity index (χ1n) is 7.36. The average molecular weight is 312 g/mol. The van der Waals surface area contributed by atoms with Crippen LogP contribution in [0.1, 0.15) is 25.0 Å². The second kappa shape index (κ2) is 6.87. The van der Waals surface area contributed by atoms with Crippen molar-refractivity contribution < 1.29 is 13.2 Å². The van der Waals surface area contributed by atoms with E-state index in [9.17, 15) is 8.42 Å². The zero-order valence-electron chi connectivity index (χ0n) is 12.9. The number of ether oxygens (including phenoxy) is 1. The van der Waals surface area contributed by atoms with Crippen LogP contribution in [0.2, 0.25) is 0 Å². The summed E-state index contributed by atoms with van der Waals surface area (Å²) < 4.78 is 32.7. The molecule has 0 saturated carbocycles. The molecule has 1 aliphatic heterocycles. The molecule has 1 aromatic carbocycles. The number of hydrogen-bond acceptors (Lipinski definition) is 4. The number of hydrogen-bond donors (Lipinski definition) is 1. The largest absolute Gasteiger partial charge is 0.378 e. The van der Waals surface area contributed by atoms with Gasteiger partial charge in [-0.05, 0) is 37.6 Å². The summed E-state index contributed by atoms with van der Waals surface area (Å²) in [5, 5.41) is 3.22. The molecular formula is C15H24N2O3S. The summed E-state index contributed by atoms with van der Waals surface area (Å²) in [4.78, 5) is 0.409. The predicted molar refractivity (Wildman–Crippen MR) is 82.7 cm³/mol. The molecule has 2 rings (SSSR count). The van der Waals surface area contributed by atoms with E-state index in [1.807, 2.05) is 32.9 Å². The van der Waals surface area contributed by atoms with E-state index in [0.29, 0.717) is 31.2 Å². The first-order chi connectivity index (χ1) is 9.96. The highest BCUT2D eigenvalue weighted by molar-refractivity contribution is 7.89. The zero-order chi connectivity index (χ0) is 15.5. The minimum Gasteiger partial charge on any atom is -0.378 e. The molecule has 1 unspecified atom stereocenters. The summed E-state index contributed by atoms with van der Waals surface area (Å²) in [6.07, 6.45) is 0. The van der Waals surface area contributed by atoms with Gasteiger partial charge in [0.2, 0.25) is 10.0 Å². The topological polar surface area (TPSA) is 58.6 Å². The molecule has 1 N–H and O–H groups in total. The molecule has 118 valence electrons. The van der Waals surface area contributed by atoms with E-state index >= 15 is 0 Å². The van der Waals surface area contributed by atoms with Crippen molar-refractivity contribution in [3.05, 3.63) is 29.3 Å². The molecule has 0 spiro atoms. The van der Waals surface area contributed by atoms with Gasteiger partial charge in [0.05, 0.1) is 18.1 Å². The van der Waals surface area contributed by atoms with E-state index < -0.39 is 10.0 Å². The van der Waals surface area contributed by atoms with Crippen LogP contribution in [0.15, 0.2) is 23.1 Å². The monoisotopic (exact) mass is 312 g/mol. The average Bonchev–Trinajstić information content (AvgIpc) is 2.46. The van der Waals surface area contributed by atoms with Crippen LogP contribution in [0, 0.1) is 6.92 Å². The summed E-state index contributed by atoms with van der Waals surface area (Å²) in [5.74, 6) is 0. The summed E-state index contributed by atoms with van der Waals surface area (Å²) in [7, 11) is -3.46. The van der Waals surface area contributed by atoms with Gasteiger partial charge in [-0.25, -0.2) is 8.42 Å². The van der Waals surface area contributed by atoms with Crippen molar-refractivity contribution in [1.29, 1.82) is 0 Å². The molecule has 21 heavy (non-hydrogen) atoms. The Labute approximate surface area is 127 Å². The van der Waals surface area contributed by atoms with Crippen LogP contribution in [0.25, 0.3) is 0 Å². The van der Waals surface area contributed by atoms with Gasteiger partial charge in [0.25, 0.3) is 0 Å². The second-order valence-corrected chi connectivity index (χ2v) is 7.28. The molecule has 0 aliphatic carbocycles. The lowest BCUT2D eigenvalue weighted by Gasteiger charge is -2.32. The first-order valence-corrected chi connectivity index (χ1v) is 8.80. The Morgan fingerprint density at radius 3 is 2.86 bits per heavy atom. The Balaban J connectivity index is 2.34. The zero-order valence-corrected chi connectivity index (χ0v) is 13.7. The highest BCUT2D eigenvalue weighted by Crippen LogP contribution is 2.24. The second-order valence-electron chi connectivity index (χ2n) is 5.42. The maximum absolute atomic E-state index is 12.9. The normalized spacial score (nSPS) is 20.6. The third-order valence-electron chi connectivity index (χ3n) is 3.73. The summed E-state index contributed by atoms with van der Waals surface area (Å²) in [6.45, 7) is 8.62. The van der Waals surface area contributed by atoms with Crippen molar-refractivity contribution >= 4 is 10.0 Å². The molecule has 1 aliphatic rings. The fraction of sp³-hybridized carbons (Fsp3) is 0.600. The summed E-state index contributed by atoms with van der Waals surface area (Å²) in [5.41, 5.74) is 1.77. The number of morpholine rings is 1. The van der Waals surface area contributed by atoms with Gasteiger partial charge in [0.1, 0.15) is 0 Å². The van der Waals surface area contributed by atoms with Crippen LogP contribution in [-0.4, -0.2) is 45.1 Å². The van der Waals surface area contributed by atoms with Crippen molar-refractivity contribution in [2.45, 2.75) is 38.3 Å². The molecule has 0 radical (unpaired) electrons. The van der Waals surface area contributed by atoms with Gasteiger partial charge < -0.3 is 10.1 Å². The lowest BCUT2D eigenvalue weighted by molar-refractivity contribution is 0.0392. The predicted octanol–water partition coefficient (Wildman–Crippen LogP) is 1.51. The van der Waals surface area contributed by atoms with Crippen LogP contribution in [0.3, 0.4) is 0 Å². The Kier molecular flexibility index (Phi) is 5.37. The van der Waals surface area contributed by atoms with Crippen molar-refractivity contribution in [3.63, 3.8) is 0 Å². The van der Waals surface area contributed by atoms with Gasteiger partial charge in [-0.2, -0.15) is 4.31 Å². The van der Waals surface area contributed by atoms with Gasteiger partial charge in [-0.15, -0.1) is 0 Å². The number of sulfonamides is 1. The standard InChI is InChI=1S/C15H24N2O3S/c1-4-16-10-14-6-5-12(2)15(9-14)21(18,19)17-7-8-20-11-13(17)3/h5-6,9,13,16H,4,7-8,10-11H2,1-3H3. The molecule has 1 aromatic rings. The third kappa shape index (κ3) is 3.63. The highest BCUT2D eigenvalue weighted by Gasteiger charge is 2.32. The fourth-order valence-electron chi connectivity index (χ4n) is 2.50. The number of nitrogens with one attached hydrogen (secondary N) is 1. The quantitative estimate of drug-likeness (QED) is 0.895. The van der Waals surface area contributed by atoms with Crippen LogP contribution in [0.5, 0.6) is 0 Å². The van der Waals surface area contributed by atoms with E-state index in [1.165, 1.54) is 0 Å². The Bertz CT molecular complexity index is 587. The van der Waals surface area contributed by atoms with E-state index in [1.54, 1.807) is 10.4 Å². The lowest BCUT2D eigenvalue weighted by atomic mass is 10.1.